The Balaban J connectivity index is 2.42. The maximum Gasteiger partial charge on any atom is 0.127 e. The number of benzene rings is 2. The number of aromatic hydroxyl groups is 1. The fourth-order valence-corrected chi connectivity index (χ4v) is 1.77. The molecule has 2 aromatic rings. The van der Waals surface area contributed by atoms with Crippen LogP contribution >= 0.6 is 0 Å². The van der Waals surface area contributed by atoms with Crippen LogP contribution in [0.5, 0.6) is 11.5 Å². The van der Waals surface area contributed by atoms with Crippen molar-refractivity contribution in [2.24, 2.45) is 0 Å². The van der Waals surface area contributed by atoms with Crippen LogP contribution in [0.4, 0.5) is 4.39 Å². The molecule has 0 saturated heterocycles. The Kier molecular flexibility index (Phi) is 3.82. The fraction of sp³-hybridized carbons (Fsp3) is 0.200. The van der Waals surface area contributed by atoms with E-state index in [0.717, 1.165) is 18.1 Å². The van der Waals surface area contributed by atoms with Crippen LogP contribution in [0.1, 0.15) is 13.3 Å². The quantitative estimate of drug-likeness (QED) is 0.884. The minimum Gasteiger partial charge on any atom is -0.508 e. The molecule has 0 fully saturated rings. The number of phenols is 1. The van der Waals surface area contributed by atoms with Gasteiger partial charge in [-0.05, 0) is 30.2 Å². The molecule has 0 aromatic heterocycles. The van der Waals surface area contributed by atoms with E-state index in [1.807, 2.05) is 31.2 Å². The zero-order chi connectivity index (χ0) is 13.0. The molecule has 0 aliphatic heterocycles. The van der Waals surface area contributed by atoms with Crippen molar-refractivity contribution in [3.05, 3.63) is 48.3 Å². The standard InChI is InChI=1S/C15H15FO2/c1-2-7-18-15-6-4-3-5-14(15)11-8-12(16)10-13(17)9-11/h3-6,8-10,17H,2,7H2,1H3. The van der Waals surface area contributed by atoms with Gasteiger partial charge in [0.1, 0.15) is 17.3 Å². The summed E-state index contributed by atoms with van der Waals surface area (Å²) in [7, 11) is 0. The van der Waals surface area contributed by atoms with Crippen molar-refractivity contribution in [2.75, 3.05) is 6.61 Å². The first-order valence-electron chi connectivity index (χ1n) is 5.92. The topological polar surface area (TPSA) is 29.5 Å². The third kappa shape index (κ3) is 2.80. The van der Waals surface area contributed by atoms with Crippen LogP contribution in [0, 0.1) is 5.82 Å². The van der Waals surface area contributed by atoms with Crippen molar-refractivity contribution in [3.8, 4) is 22.6 Å². The first-order valence-corrected chi connectivity index (χ1v) is 5.92. The first-order chi connectivity index (χ1) is 8.70. The monoisotopic (exact) mass is 246 g/mol. The molecule has 0 atom stereocenters. The zero-order valence-corrected chi connectivity index (χ0v) is 10.2. The molecule has 1 N–H and O–H groups in total. The Morgan fingerprint density at radius 1 is 1.17 bits per heavy atom. The van der Waals surface area contributed by atoms with Gasteiger partial charge in [0, 0.05) is 11.6 Å². The number of hydrogen-bond donors (Lipinski definition) is 1. The maximum atomic E-state index is 13.3. The van der Waals surface area contributed by atoms with E-state index in [2.05, 4.69) is 0 Å². The van der Waals surface area contributed by atoms with Gasteiger partial charge in [-0.1, -0.05) is 25.1 Å². The third-order valence-electron chi connectivity index (χ3n) is 2.54. The van der Waals surface area contributed by atoms with Gasteiger partial charge in [0.15, 0.2) is 0 Å². The Morgan fingerprint density at radius 2 is 1.94 bits per heavy atom. The van der Waals surface area contributed by atoms with Crippen molar-refractivity contribution in [2.45, 2.75) is 13.3 Å². The van der Waals surface area contributed by atoms with Crippen molar-refractivity contribution in [1.82, 2.24) is 0 Å². The molecule has 2 nitrogen and oxygen atoms in total. The number of ether oxygens (including phenoxy) is 1. The lowest BCUT2D eigenvalue weighted by molar-refractivity contribution is 0.318. The highest BCUT2D eigenvalue weighted by atomic mass is 19.1. The van der Waals surface area contributed by atoms with E-state index >= 15 is 0 Å². The molecule has 0 aliphatic rings. The summed E-state index contributed by atoms with van der Waals surface area (Å²) in [4.78, 5) is 0. The van der Waals surface area contributed by atoms with Crippen molar-refractivity contribution in [1.29, 1.82) is 0 Å². The molecular formula is C15H15FO2. The average molecular weight is 246 g/mol. The smallest absolute Gasteiger partial charge is 0.127 e. The molecule has 18 heavy (non-hydrogen) atoms. The molecule has 2 rings (SSSR count). The van der Waals surface area contributed by atoms with Crippen LogP contribution in [0.25, 0.3) is 11.1 Å². The van der Waals surface area contributed by atoms with Gasteiger partial charge >= 0.3 is 0 Å². The lowest BCUT2D eigenvalue weighted by Gasteiger charge is -2.11. The number of halogens is 1. The molecule has 0 saturated carbocycles. The van der Waals surface area contributed by atoms with Gasteiger partial charge in [0.05, 0.1) is 6.61 Å². The van der Waals surface area contributed by atoms with Crippen LogP contribution < -0.4 is 4.74 Å². The predicted octanol–water partition coefficient (Wildman–Crippen LogP) is 3.99. The maximum absolute atomic E-state index is 13.3. The van der Waals surface area contributed by atoms with Crippen molar-refractivity contribution >= 4 is 0 Å². The minimum atomic E-state index is -0.463. The number of para-hydroxylation sites is 1. The van der Waals surface area contributed by atoms with Crippen LogP contribution in [-0.2, 0) is 0 Å². The molecule has 0 unspecified atom stereocenters. The van der Waals surface area contributed by atoms with Gasteiger partial charge in [-0.2, -0.15) is 0 Å². The second kappa shape index (κ2) is 5.54. The van der Waals surface area contributed by atoms with E-state index < -0.39 is 5.82 Å². The summed E-state index contributed by atoms with van der Waals surface area (Å²) >= 11 is 0. The van der Waals surface area contributed by atoms with Gasteiger partial charge in [0.2, 0.25) is 0 Å². The fourth-order valence-electron chi connectivity index (χ4n) is 1.77. The molecule has 2 aromatic carbocycles. The summed E-state index contributed by atoms with van der Waals surface area (Å²) in [5.41, 5.74) is 1.39. The lowest BCUT2D eigenvalue weighted by Crippen LogP contribution is -1.96. The Morgan fingerprint density at radius 3 is 2.67 bits per heavy atom. The van der Waals surface area contributed by atoms with E-state index in [-0.39, 0.29) is 5.75 Å². The van der Waals surface area contributed by atoms with Gasteiger partial charge < -0.3 is 9.84 Å². The summed E-state index contributed by atoms with van der Waals surface area (Å²) < 4.78 is 18.9. The second-order valence-corrected chi connectivity index (χ2v) is 4.04. The van der Waals surface area contributed by atoms with Gasteiger partial charge in [-0.15, -0.1) is 0 Å². The van der Waals surface area contributed by atoms with E-state index in [4.69, 9.17) is 4.74 Å². The molecule has 0 spiro atoms. The number of rotatable bonds is 4. The number of phenolic OH excluding ortho intramolecular Hbond substituents is 1. The van der Waals surface area contributed by atoms with Gasteiger partial charge in [0.25, 0.3) is 0 Å². The van der Waals surface area contributed by atoms with Crippen LogP contribution in [0.3, 0.4) is 0 Å². The Bertz CT molecular complexity index is 518. The summed E-state index contributed by atoms with van der Waals surface area (Å²) in [5, 5.41) is 9.44. The molecule has 0 bridgehead atoms. The summed E-state index contributed by atoms with van der Waals surface area (Å²) in [6, 6.07) is 11.4. The number of hydrogen-bond acceptors (Lipinski definition) is 2. The largest absolute Gasteiger partial charge is 0.508 e. The van der Waals surface area contributed by atoms with Gasteiger partial charge in [-0.3, -0.25) is 0 Å². The van der Waals surface area contributed by atoms with E-state index in [1.54, 1.807) is 0 Å². The first kappa shape index (κ1) is 12.4. The highest BCUT2D eigenvalue weighted by Crippen LogP contribution is 2.32. The minimum absolute atomic E-state index is 0.0877. The van der Waals surface area contributed by atoms with E-state index in [9.17, 15) is 9.50 Å². The predicted molar refractivity (Wildman–Crippen MR) is 69.3 cm³/mol. The van der Waals surface area contributed by atoms with Crippen LogP contribution in [-0.4, -0.2) is 11.7 Å². The van der Waals surface area contributed by atoms with Crippen molar-refractivity contribution < 1.29 is 14.2 Å². The zero-order valence-electron chi connectivity index (χ0n) is 10.2. The van der Waals surface area contributed by atoms with Crippen LogP contribution in [0.15, 0.2) is 42.5 Å². The van der Waals surface area contributed by atoms with E-state index in [1.165, 1.54) is 12.1 Å². The molecule has 0 heterocycles. The highest BCUT2D eigenvalue weighted by Gasteiger charge is 2.08. The SMILES string of the molecule is CCCOc1ccccc1-c1cc(O)cc(F)c1. The molecule has 0 aliphatic carbocycles. The Labute approximate surface area is 106 Å². The molecular weight excluding hydrogens is 231 g/mol. The molecule has 94 valence electrons. The molecule has 0 radical (unpaired) electrons. The van der Waals surface area contributed by atoms with E-state index in [0.29, 0.717) is 17.9 Å². The third-order valence-corrected chi connectivity index (χ3v) is 2.54. The Hall–Kier alpha value is -2.03. The normalized spacial score (nSPS) is 10.3. The highest BCUT2D eigenvalue weighted by molar-refractivity contribution is 5.71. The molecule has 3 heteroatoms. The second-order valence-electron chi connectivity index (χ2n) is 4.04. The van der Waals surface area contributed by atoms with Crippen LogP contribution in [0.2, 0.25) is 0 Å². The molecule has 0 amide bonds. The average Bonchev–Trinajstić information content (AvgIpc) is 2.35. The lowest BCUT2D eigenvalue weighted by atomic mass is 10.0. The summed E-state index contributed by atoms with van der Waals surface area (Å²) in [6.45, 7) is 2.63. The van der Waals surface area contributed by atoms with Crippen molar-refractivity contribution in [3.63, 3.8) is 0 Å². The summed E-state index contributed by atoms with van der Waals surface area (Å²) in [6.07, 6.45) is 0.905. The van der Waals surface area contributed by atoms with Gasteiger partial charge in [-0.25, -0.2) is 4.39 Å². The summed E-state index contributed by atoms with van der Waals surface area (Å²) in [5.74, 6) is 0.148.